The molecule has 0 radical (unpaired) electrons. The molecule has 1 aromatic carbocycles. The summed E-state index contributed by atoms with van der Waals surface area (Å²) in [5.41, 5.74) is 0.666. The van der Waals surface area contributed by atoms with Crippen LogP contribution in [0.4, 0.5) is 0 Å². The number of piperidine rings is 1. The van der Waals surface area contributed by atoms with E-state index in [1.54, 1.807) is 13.2 Å². The summed E-state index contributed by atoms with van der Waals surface area (Å²) in [7, 11) is -1.99. The lowest BCUT2D eigenvalue weighted by molar-refractivity contribution is 0.0577. The van der Waals surface area contributed by atoms with Gasteiger partial charge in [0, 0.05) is 31.1 Å². The summed E-state index contributed by atoms with van der Waals surface area (Å²) >= 11 is 6.23. The minimum atomic E-state index is -3.64. The summed E-state index contributed by atoms with van der Waals surface area (Å²) in [6, 6.07) is 3.13. The van der Waals surface area contributed by atoms with Crippen LogP contribution in [-0.2, 0) is 21.2 Å². The zero-order chi connectivity index (χ0) is 18.1. The Balaban J connectivity index is 1.78. The summed E-state index contributed by atoms with van der Waals surface area (Å²) in [5.74, 6) is 0.599. The number of fused-ring (bicyclic) bond motifs is 1. The van der Waals surface area contributed by atoms with Crippen LogP contribution in [0, 0.1) is 5.41 Å². The highest BCUT2D eigenvalue weighted by molar-refractivity contribution is 7.89. The van der Waals surface area contributed by atoms with Crippen LogP contribution >= 0.6 is 11.6 Å². The van der Waals surface area contributed by atoms with Crippen LogP contribution in [0.2, 0.25) is 5.02 Å². The number of ether oxygens (including phenoxy) is 2. The molecule has 140 valence electrons. The van der Waals surface area contributed by atoms with E-state index in [0.29, 0.717) is 30.3 Å². The average molecular weight is 389 g/mol. The van der Waals surface area contributed by atoms with Gasteiger partial charge in [0.05, 0.1) is 16.5 Å². The Hall–Kier alpha value is -0.860. The quantitative estimate of drug-likeness (QED) is 0.779. The second kappa shape index (κ2) is 7.40. The van der Waals surface area contributed by atoms with Crippen molar-refractivity contribution >= 4 is 21.6 Å². The molecule has 6 nitrogen and oxygen atoms in total. The first-order chi connectivity index (χ1) is 11.9. The number of rotatable bonds is 6. The zero-order valence-electron chi connectivity index (χ0n) is 14.6. The number of sulfonamides is 1. The third-order valence-electron chi connectivity index (χ3n) is 4.98. The number of methoxy groups -OCH3 is 1. The lowest BCUT2D eigenvalue weighted by Gasteiger charge is -2.37. The summed E-state index contributed by atoms with van der Waals surface area (Å²) in [6.45, 7) is 4.56. The molecule has 8 heteroatoms. The van der Waals surface area contributed by atoms with E-state index in [1.807, 2.05) is 6.92 Å². The van der Waals surface area contributed by atoms with Crippen LogP contribution in [0.1, 0.15) is 25.3 Å². The number of hydrogen-bond donors (Lipinski definition) is 2. The van der Waals surface area contributed by atoms with Crippen molar-refractivity contribution in [3.05, 3.63) is 22.7 Å². The fourth-order valence-electron chi connectivity index (χ4n) is 3.58. The smallest absolute Gasteiger partial charge is 0.240 e. The predicted octanol–water partition coefficient (Wildman–Crippen LogP) is 1.96. The van der Waals surface area contributed by atoms with Gasteiger partial charge >= 0.3 is 0 Å². The summed E-state index contributed by atoms with van der Waals surface area (Å²) in [5, 5.41) is 3.65. The molecule has 2 aliphatic rings. The van der Waals surface area contributed by atoms with Crippen LogP contribution in [0.15, 0.2) is 17.0 Å². The van der Waals surface area contributed by atoms with E-state index in [1.165, 1.54) is 6.07 Å². The van der Waals surface area contributed by atoms with E-state index in [2.05, 4.69) is 10.0 Å². The maximum atomic E-state index is 12.8. The van der Waals surface area contributed by atoms with Crippen molar-refractivity contribution in [2.75, 3.05) is 33.4 Å². The van der Waals surface area contributed by atoms with Gasteiger partial charge < -0.3 is 14.8 Å². The van der Waals surface area contributed by atoms with Crippen molar-refractivity contribution in [1.82, 2.24) is 10.0 Å². The average Bonchev–Trinajstić information content (AvgIpc) is 2.95. The molecular formula is C17H25ClN2O4S. The van der Waals surface area contributed by atoms with Crippen LogP contribution in [0.5, 0.6) is 5.75 Å². The van der Waals surface area contributed by atoms with Crippen LogP contribution < -0.4 is 14.8 Å². The standard InChI is InChI=1S/C17H25ClN2O4S/c1-12-7-13-8-14(9-15(18)16(13)24-12)25(21,22)20-10-17(11-23-2)3-5-19-6-4-17/h8-9,12,19-20H,3-7,10-11H2,1-2H3. The molecule has 0 aromatic heterocycles. The molecular weight excluding hydrogens is 364 g/mol. The van der Waals surface area contributed by atoms with Crippen molar-refractivity contribution in [3.8, 4) is 5.75 Å². The second-order valence-electron chi connectivity index (χ2n) is 7.03. The molecule has 0 saturated carbocycles. The van der Waals surface area contributed by atoms with E-state index < -0.39 is 10.0 Å². The Morgan fingerprint density at radius 2 is 2.12 bits per heavy atom. The molecule has 0 spiro atoms. The molecule has 1 fully saturated rings. The monoisotopic (exact) mass is 388 g/mol. The van der Waals surface area contributed by atoms with E-state index in [4.69, 9.17) is 21.1 Å². The first kappa shape index (κ1) is 18.9. The van der Waals surface area contributed by atoms with Gasteiger partial charge in [-0.15, -0.1) is 0 Å². The largest absolute Gasteiger partial charge is 0.489 e. The van der Waals surface area contributed by atoms with Gasteiger partial charge in [-0.3, -0.25) is 0 Å². The van der Waals surface area contributed by atoms with Crippen molar-refractivity contribution in [3.63, 3.8) is 0 Å². The van der Waals surface area contributed by atoms with Crippen molar-refractivity contribution in [2.45, 2.75) is 37.2 Å². The molecule has 0 bridgehead atoms. The minimum Gasteiger partial charge on any atom is -0.489 e. The molecule has 1 saturated heterocycles. The Labute approximate surface area is 154 Å². The van der Waals surface area contributed by atoms with E-state index in [9.17, 15) is 8.42 Å². The summed E-state index contributed by atoms with van der Waals surface area (Å²) < 4.78 is 39.3. The normalized spacial score (nSPS) is 22.4. The molecule has 2 heterocycles. The van der Waals surface area contributed by atoms with Gasteiger partial charge in [-0.25, -0.2) is 13.1 Å². The highest BCUT2D eigenvalue weighted by Gasteiger charge is 2.34. The third kappa shape index (κ3) is 4.11. The molecule has 1 unspecified atom stereocenters. The zero-order valence-corrected chi connectivity index (χ0v) is 16.2. The molecule has 25 heavy (non-hydrogen) atoms. The number of hydrogen-bond acceptors (Lipinski definition) is 5. The lowest BCUT2D eigenvalue weighted by Crippen LogP contribution is -2.47. The van der Waals surface area contributed by atoms with Gasteiger partial charge in [0.25, 0.3) is 0 Å². The molecule has 2 aliphatic heterocycles. The van der Waals surface area contributed by atoms with Crippen LogP contribution in [-0.4, -0.2) is 47.9 Å². The SMILES string of the molecule is COCC1(CNS(=O)(=O)c2cc(Cl)c3c(c2)CC(C)O3)CCNCC1. The van der Waals surface area contributed by atoms with E-state index in [-0.39, 0.29) is 16.4 Å². The first-order valence-corrected chi connectivity index (χ1v) is 10.4. The van der Waals surface area contributed by atoms with Gasteiger partial charge in [0.15, 0.2) is 0 Å². The van der Waals surface area contributed by atoms with Gasteiger partial charge in [-0.05, 0) is 45.0 Å². The lowest BCUT2D eigenvalue weighted by atomic mass is 9.80. The minimum absolute atomic E-state index is 0.0122. The molecule has 2 N–H and O–H groups in total. The highest BCUT2D eigenvalue weighted by Crippen LogP contribution is 2.38. The van der Waals surface area contributed by atoms with Gasteiger partial charge in [-0.1, -0.05) is 11.6 Å². The van der Waals surface area contributed by atoms with E-state index in [0.717, 1.165) is 31.5 Å². The highest BCUT2D eigenvalue weighted by atomic mass is 35.5. The maximum Gasteiger partial charge on any atom is 0.240 e. The van der Waals surface area contributed by atoms with Crippen molar-refractivity contribution in [1.29, 1.82) is 0 Å². The maximum absolute atomic E-state index is 12.8. The van der Waals surface area contributed by atoms with Gasteiger partial charge in [0.1, 0.15) is 11.9 Å². The molecule has 0 aliphatic carbocycles. The van der Waals surface area contributed by atoms with Crippen molar-refractivity contribution in [2.24, 2.45) is 5.41 Å². The number of nitrogens with one attached hydrogen (secondary N) is 2. The first-order valence-electron chi connectivity index (χ1n) is 8.54. The summed E-state index contributed by atoms with van der Waals surface area (Å²) in [6.07, 6.45) is 2.43. The molecule has 3 rings (SSSR count). The Morgan fingerprint density at radius 3 is 2.80 bits per heavy atom. The third-order valence-corrected chi connectivity index (χ3v) is 6.64. The van der Waals surface area contributed by atoms with Gasteiger partial charge in [-0.2, -0.15) is 0 Å². The van der Waals surface area contributed by atoms with Gasteiger partial charge in [0.2, 0.25) is 10.0 Å². The van der Waals surface area contributed by atoms with E-state index >= 15 is 0 Å². The molecule has 1 aromatic rings. The Morgan fingerprint density at radius 1 is 1.40 bits per heavy atom. The fourth-order valence-corrected chi connectivity index (χ4v) is 5.16. The summed E-state index contributed by atoms with van der Waals surface area (Å²) in [4.78, 5) is 0.190. The topological polar surface area (TPSA) is 76.7 Å². The Bertz CT molecular complexity index is 727. The van der Waals surface area contributed by atoms with Crippen molar-refractivity contribution < 1.29 is 17.9 Å². The second-order valence-corrected chi connectivity index (χ2v) is 9.21. The Kier molecular flexibility index (Phi) is 5.60. The van der Waals surface area contributed by atoms with Crippen LogP contribution in [0.25, 0.3) is 0 Å². The molecule has 0 amide bonds. The molecule has 1 atom stereocenters. The number of halogens is 1. The fraction of sp³-hybridized carbons (Fsp3) is 0.647. The number of benzene rings is 1. The predicted molar refractivity (Wildman–Crippen MR) is 96.8 cm³/mol. The van der Waals surface area contributed by atoms with Crippen LogP contribution in [0.3, 0.4) is 0 Å².